The number of aryl methyl sites for hydroxylation is 1. The summed E-state index contributed by atoms with van der Waals surface area (Å²) < 4.78 is 1.95. The predicted molar refractivity (Wildman–Crippen MR) is 109 cm³/mol. The van der Waals surface area contributed by atoms with Crippen molar-refractivity contribution < 1.29 is 0 Å². The van der Waals surface area contributed by atoms with Crippen LogP contribution in [-0.4, -0.2) is 15.0 Å². The molecule has 0 aliphatic heterocycles. The minimum atomic E-state index is 0.829. The lowest BCUT2D eigenvalue weighted by molar-refractivity contribution is 0.655. The lowest BCUT2D eigenvalue weighted by Gasteiger charge is -2.02. The van der Waals surface area contributed by atoms with Gasteiger partial charge in [0.2, 0.25) is 0 Å². The standard InChI is InChI=1S/C22H37N3/c1-6-7-8-15-22-18-25(24-23-22)17-16-21(5)14-10-13-20(4)12-9-11-19(2)3/h11,13,16,18H,6-10,12,14-15,17H2,1-5H3/b20-13+,21-16-. The highest BCUT2D eigenvalue weighted by atomic mass is 15.4. The molecule has 140 valence electrons. The predicted octanol–water partition coefficient (Wildman–Crippen LogP) is 6.43. The van der Waals surface area contributed by atoms with E-state index in [9.17, 15) is 0 Å². The summed E-state index contributed by atoms with van der Waals surface area (Å²) in [5.74, 6) is 0. The van der Waals surface area contributed by atoms with E-state index in [0.717, 1.165) is 37.9 Å². The van der Waals surface area contributed by atoms with Gasteiger partial charge in [-0.15, -0.1) is 5.10 Å². The molecular weight excluding hydrogens is 306 g/mol. The van der Waals surface area contributed by atoms with Crippen molar-refractivity contribution >= 4 is 0 Å². The summed E-state index contributed by atoms with van der Waals surface area (Å²) in [4.78, 5) is 0. The van der Waals surface area contributed by atoms with Crippen LogP contribution in [0.15, 0.2) is 41.1 Å². The van der Waals surface area contributed by atoms with Crippen molar-refractivity contribution in [1.82, 2.24) is 15.0 Å². The van der Waals surface area contributed by atoms with Crippen LogP contribution in [0.1, 0.15) is 85.3 Å². The molecule has 0 atom stereocenters. The molecule has 0 aromatic carbocycles. The molecule has 0 saturated heterocycles. The number of allylic oxidation sites excluding steroid dienone is 6. The second kappa shape index (κ2) is 12.7. The van der Waals surface area contributed by atoms with Gasteiger partial charge in [0, 0.05) is 6.20 Å². The van der Waals surface area contributed by atoms with Gasteiger partial charge in [-0.05, 0) is 66.2 Å². The lowest BCUT2D eigenvalue weighted by atomic mass is 10.1. The Morgan fingerprint density at radius 3 is 2.32 bits per heavy atom. The molecule has 1 aromatic heterocycles. The van der Waals surface area contributed by atoms with Crippen LogP contribution in [-0.2, 0) is 13.0 Å². The summed E-state index contributed by atoms with van der Waals surface area (Å²) in [6.45, 7) is 11.8. The molecule has 3 heteroatoms. The molecule has 1 heterocycles. The molecular formula is C22H37N3. The molecule has 1 aromatic rings. The smallest absolute Gasteiger partial charge is 0.0827 e. The highest BCUT2D eigenvalue weighted by Crippen LogP contribution is 2.11. The van der Waals surface area contributed by atoms with Gasteiger partial charge in [0.05, 0.1) is 12.2 Å². The monoisotopic (exact) mass is 343 g/mol. The van der Waals surface area contributed by atoms with Gasteiger partial charge in [-0.3, -0.25) is 0 Å². The minimum Gasteiger partial charge on any atom is -0.248 e. The normalized spacial score (nSPS) is 12.5. The van der Waals surface area contributed by atoms with Crippen LogP contribution in [0, 0.1) is 0 Å². The van der Waals surface area contributed by atoms with Crippen LogP contribution < -0.4 is 0 Å². The number of hydrogen-bond donors (Lipinski definition) is 0. The minimum absolute atomic E-state index is 0.829. The summed E-state index contributed by atoms with van der Waals surface area (Å²) in [7, 11) is 0. The van der Waals surface area contributed by atoms with E-state index in [1.165, 1.54) is 42.4 Å². The number of rotatable bonds is 12. The maximum absolute atomic E-state index is 4.26. The zero-order chi connectivity index (χ0) is 18.5. The van der Waals surface area contributed by atoms with Gasteiger partial charge in [-0.2, -0.15) is 0 Å². The Hall–Kier alpha value is -1.64. The Morgan fingerprint density at radius 1 is 0.960 bits per heavy atom. The molecule has 0 amide bonds. The van der Waals surface area contributed by atoms with Crippen LogP contribution in [0.25, 0.3) is 0 Å². The van der Waals surface area contributed by atoms with Gasteiger partial charge < -0.3 is 0 Å². The third kappa shape index (κ3) is 10.8. The lowest BCUT2D eigenvalue weighted by Crippen LogP contribution is -1.96. The van der Waals surface area contributed by atoms with Gasteiger partial charge in [-0.1, -0.05) is 59.9 Å². The van der Waals surface area contributed by atoms with Crippen LogP contribution >= 0.6 is 0 Å². The van der Waals surface area contributed by atoms with Crippen LogP contribution in [0.3, 0.4) is 0 Å². The molecule has 0 spiro atoms. The summed E-state index contributed by atoms with van der Waals surface area (Å²) in [5, 5.41) is 8.49. The topological polar surface area (TPSA) is 30.7 Å². The van der Waals surface area contributed by atoms with E-state index in [-0.39, 0.29) is 0 Å². The van der Waals surface area contributed by atoms with Crippen molar-refractivity contribution in [3.05, 3.63) is 46.8 Å². The maximum Gasteiger partial charge on any atom is 0.0827 e. The molecule has 0 fully saturated rings. The fourth-order valence-corrected chi connectivity index (χ4v) is 2.69. The second-order valence-electron chi connectivity index (χ2n) is 7.35. The van der Waals surface area contributed by atoms with E-state index in [0.29, 0.717) is 0 Å². The van der Waals surface area contributed by atoms with Gasteiger partial charge in [0.25, 0.3) is 0 Å². The first-order valence-electron chi connectivity index (χ1n) is 9.85. The summed E-state index contributed by atoms with van der Waals surface area (Å²) in [6.07, 6.45) is 18.4. The highest BCUT2D eigenvalue weighted by molar-refractivity contribution is 5.05. The van der Waals surface area contributed by atoms with Crippen molar-refractivity contribution in [1.29, 1.82) is 0 Å². The Balaban J connectivity index is 2.30. The number of hydrogen-bond acceptors (Lipinski definition) is 2. The molecule has 25 heavy (non-hydrogen) atoms. The molecule has 0 bridgehead atoms. The first-order chi connectivity index (χ1) is 12.0. The number of unbranched alkanes of at least 4 members (excludes halogenated alkanes) is 2. The van der Waals surface area contributed by atoms with Gasteiger partial charge >= 0.3 is 0 Å². The van der Waals surface area contributed by atoms with Crippen LogP contribution in [0.4, 0.5) is 0 Å². The van der Waals surface area contributed by atoms with Crippen molar-refractivity contribution in [3.8, 4) is 0 Å². The van der Waals surface area contributed by atoms with Gasteiger partial charge in [0.15, 0.2) is 0 Å². The number of nitrogens with zero attached hydrogens (tertiary/aromatic N) is 3. The van der Waals surface area contributed by atoms with Gasteiger partial charge in [0.1, 0.15) is 0 Å². The first kappa shape index (κ1) is 21.4. The summed E-state index contributed by atoms with van der Waals surface area (Å²) in [6, 6.07) is 0. The maximum atomic E-state index is 4.26. The van der Waals surface area contributed by atoms with E-state index < -0.39 is 0 Å². The Morgan fingerprint density at radius 2 is 1.64 bits per heavy atom. The van der Waals surface area contributed by atoms with Crippen molar-refractivity contribution in [2.75, 3.05) is 0 Å². The van der Waals surface area contributed by atoms with E-state index in [1.54, 1.807) is 0 Å². The SMILES string of the molecule is CCCCCc1cn(C/C=C(/C)CC/C=C(\C)CCC=C(C)C)nn1. The van der Waals surface area contributed by atoms with E-state index in [2.05, 4.69) is 69.4 Å². The van der Waals surface area contributed by atoms with Crippen molar-refractivity contribution in [2.24, 2.45) is 0 Å². The zero-order valence-electron chi connectivity index (χ0n) is 17.0. The zero-order valence-corrected chi connectivity index (χ0v) is 17.0. The molecule has 1 rings (SSSR count). The Bertz CT molecular complexity index is 572. The first-order valence-corrected chi connectivity index (χ1v) is 9.85. The molecule has 0 radical (unpaired) electrons. The summed E-state index contributed by atoms with van der Waals surface area (Å²) in [5.41, 5.74) is 5.46. The molecule has 3 nitrogen and oxygen atoms in total. The van der Waals surface area contributed by atoms with Crippen molar-refractivity contribution in [3.63, 3.8) is 0 Å². The fourth-order valence-electron chi connectivity index (χ4n) is 2.69. The largest absolute Gasteiger partial charge is 0.248 e. The van der Waals surface area contributed by atoms with E-state index in [4.69, 9.17) is 0 Å². The molecule has 0 N–H and O–H groups in total. The Labute approximate surface area is 154 Å². The molecule has 0 aliphatic rings. The van der Waals surface area contributed by atoms with Crippen LogP contribution in [0.5, 0.6) is 0 Å². The highest BCUT2D eigenvalue weighted by Gasteiger charge is 1.99. The third-order valence-electron chi connectivity index (χ3n) is 4.37. The summed E-state index contributed by atoms with van der Waals surface area (Å²) >= 11 is 0. The van der Waals surface area contributed by atoms with E-state index >= 15 is 0 Å². The molecule has 0 saturated carbocycles. The molecule has 0 unspecified atom stereocenters. The fraction of sp³-hybridized carbons (Fsp3) is 0.636. The average Bonchev–Trinajstić information content (AvgIpc) is 3.01. The van der Waals surface area contributed by atoms with E-state index in [1.807, 2.05) is 4.68 Å². The second-order valence-corrected chi connectivity index (χ2v) is 7.35. The molecule has 0 aliphatic carbocycles. The van der Waals surface area contributed by atoms with Crippen molar-refractivity contribution in [2.45, 2.75) is 92.5 Å². The Kier molecular flexibility index (Phi) is 10.9. The average molecular weight is 344 g/mol. The number of aromatic nitrogens is 3. The third-order valence-corrected chi connectivity index (χ3v) is 4.37. The van der Waals surface area contributed by atoms with Crippen LogP contribution in [0.2, 0.25) is 0 Å². The quantitative estimate of drug-likeness (QED) is 0.323. The van der Waals surface area contributed by atoms with Gasteiger partial charge in [-0.25, -0.2) is 4.68 Å².